The molecule has 2 rings (SSSR count). The van der Waals surface area contributed by atoms with Crippen LogP contribution in [0.2, 0.25) is 0 Å². The highest BCUT2D eigenvalue weighted by atomic mass is 127. The number of hydrogen-bond donors (Lipinski definition) is 0. The van der Waals surface area contributed by atoms with E-state index < -0.39 is 17.8 Å². The van der Waals surface area contributed by atoms with Gasteiger partial charge in [0, 0.05) is 17.7 Å². The second-order valence-electron chi connectivity index (χ2n) is 5.87. The molecule has 0 aliphatic heterocycles. The van der Waals surface area contributed by atoms with Gasteiger partial charge in [0.05, 0.1) is 10.1 Å². The zero-order valence-electron chi connectivity index (χ0n) is 12.0. The number of nitrogens with zero attached hydrogens (tertiary/aromatic N) is 3. The second kappa shape index (κ2) is 5.27. The molecule has 122 valence electrons. The lowest BCUT2D eigenvalue weighted by Gasteiger charge is -2.19. The first-order valence-electron chi connectivity index (χ1n) is 6.28. The van der Waals surface area contributed by atoms with Crippen molar-refractivity contribution in [2.75, 3.05) is 0 Å². The average molecular weight is 433 g/mol. The molecule has 2 aromatic rings. The maximum Gasteiger partial charge on any atom is 0.459 e. The monoisotopic (exact) mass is 433 g/mol. The molecule has 0 bridgehead atoms. The molecule has 0 spiro atoms. The molecule has 9 heteroatoms. The van der Waals surface area contributed by atoms with Crippen LogP contribution in [0.15, 0.2) is 12.3 Å². The first-order chi connectivity index (χ1) is 9.88. The highest BCUT2D eigenvalue weighted by Gasteiger charge is 2.60. The lowest BCUT2D eigenvalue weighted by Crippen LogP contribution is -2.35. The van der Waals surface area contributed by atoms with Gasteiger partial charge in [-0.3, -0.25) is 4.40 Å². The van der Waals surface area contributed by atoms with Crippen molar-refractivity contribution in [3.63, 3.8) is 0 Å². The van der Waals surface area contributed by atoms with E-state index in [-0.39, 0.29) is 21.3 Å². The molecule has 2 heterocycles. The Balaban J connectivity index is 2.70. The minimum atomic E-state index is -5.69. The average Bonchev–Trinajstić information content (AvgIpc) is 2.79. The summed E-state index contributed by atoms with van der Waals surface area (Å²) >= 11 is 1.86. The van der Waals surface area contributed by atoms with Crippen LogP contribution in [0.4, 0.5) is 22.0 Å². The van der Waals surface area contributed by atoms with E-state index in [9.17, 15) is 22.0 Å². The van der Waals surface area contributed by atoms with E-state index in [0.29, 0.717) is 11.8 Å². The summed E-state index contributed by atoms with van der Waals surface area (Å²) in [7, 11) is 0. The van der Waals surface area contributed by atoms with Crippen LogP contribution in [0.3, 0.4) is 0 Å². The van der Waals surface area contributed by atoms with Gasteiger partial charge < -0.3 is 0 Å². The van der Waals surface area contributed by atoms with Crippen LogP contribution in [-0.4, -0.2) is 20.5 Å². The van der Waals surface area contributed by atoms with Crippen molar-refractivity contribution >= 4 is 28.2 Å². The highest BCUT2D eigenvalue weighted by Crippen LogP contribution is 2.43. The van der Waals surface area contributed by atoms with Crippen LogP contribution >= 0.6 is 22.6 Å². The smallest absolute Gasteiger partial charge is 0.287 e. The van der Waals surface area contributed by atoms with E-state index in [1.807, 2.05) is 43.4 Å². The van der Waals surface area contributed by atoms with Crippen LogP contribution in [0.5, 0.6) is 0 Å². The molecular formula is C13H13F5IN3. The molecule has 0 amide bonds. The standard InChI is InChI=1S/C13H13F5IN3/c1-11(2,3)8-6-22-9(21-8)4-7(20-10(22)5-19)12(14,15)13(16,17)18/h4,6H,5H2,1-3H3. The Morgan fingerprint density at radius 2 is 1.64 bits per heavy atom. The largest absolute Gasteiger partial charge is 0.459 e. The third-order valence-corrected chi connectivity index (χ3v) is 3.77. The summed E-state index contributed by atoms with van der Waals surface area (Å²) in [6.07, 6.45) is -4.08. The summed E-state index contributed by atoms with van der Waals surface area (Å²) in [5.74, 6) is -4.91. The predicted molar refractivity (Wildman–Crippen MR) is 79.4 cm³/mol. The summed E-state index contributed by atoms with van der Waals surface area (Å²) in [6.45, 7) is 5.62. The van der Waals surface area contributed by atoms with Gasteiger partial charge in [0.2, 0.25) is 0 Å². The first kappa shape index (κ1) is 17.4. The van der Waals surface area contributed by atoms with Crippen LogP contribution in [-0.2, 0) is 15.8 Å². The summed E-state index contributed by atoms with van der Waals surface area (Å²) in [5, 5.41) is 0. The SMILES string of the molecule is CC(C)(C)c1cn2c(CI)nc(C(F)(F)C(F)(F)F)cc2n1. The Kier molecular flexibility index (Phi) is 4.16. The van der Waals surface area contributed by atoms with Gasteiger partial charge in [0.25, 0.3) is 0 Å². The van der Waals surface area contributed by atoms with Crippen LogP contribution in [0, 0.1) is 0 Å². The number of imidazole rings is 1. The van der Waals surface area contributed by atoms with Gasteiger partial charge in [-0.05, 0) is 0 Å². The molecule has 0 N–H and O–H groups in total. The van der Waals surface area contributed by atoms with Gasteiger partial charge in [-0.1, -0.05) is 43.4 Å². The Morgan fingerprint density at radius 1 is 1.05 bits per heavy atom. The lowest BCUT2D eigenvalue weighted by molar-refractivity contribution is -0.291. The number of aromatic nitrogens is 3. The van der Waals surface area contributed by atoms with Gasteiger partial charge in [-0.25, -0.2) is 9.97 Å². The maximum atomic E-state index is 13.5. The van der Waals surface area contributed by atoms with E-state index in [0.717, 1.165) is 0 Å². The van der Waals surface area contributed by atoms with E-state index in [2.05, 4.69) is 9.97 Å². The minimum Gasteiger partial charge on any atom is -0.287 e. The Hall–Kier alpha value is -1.00. The Bertz CT molecular complexity index is 700. The van der Waals surface area contributed by atoms with E-state index in [1.54, 1.807) is 6.20 Å². The topological polar surface area (TPSA) is 30.2 Å². The van der Waals surface area contributed by atoms with Gasteiger partial charge in [0.1, 0.15) is 17.2 Å². The molecule has 0 atom stereocenters. The number of rotatable bonds is 2. The van der Waals surface area contributed by atoms with Crippen molar-refractivity contribution in [3.05, 3.63) is 29.5 Å². The van der Waals surface area contributed by atoms with Crippen molar-refractivity contribution < 1.29 is 22.0 Å². The van der Waals surface area contributed by atoms with Crippen molar-refractivity contribution in [2.24, 2.45) is 0 Å². The lowest BCUT2D eigenvalue weighted by atomic mass is 9.93. The molecule has 0 saturated carbocycles. The number of halogens is 6. The summed E-state index contributed by atoms with van der Waals surface area (Å²) in [6, 6.07) is 0.693. The number of alkyl halides is 6. The fraction of sp³-hybridized carbons (Fsp3) is 0.538. The van der Waals surface area contributed by atoms with Crippen molar-refractivity contribution in [1.29, 1.82) is 0 Å². The quantitative estimate of drug-likeness (QED) is 0.393. The van der Waals surface area contributed by atoms with Crippen molar-refractivity contribution in [2.45, 2.75) is 42.7 Å². The van der Waals surface area contributed by atoms with Crippen LogP contribution < -0.4 is 0 Å². The summed E-state index contributed by atoms with van der Waals surface area (Å²) in [4.78, 5) is 7.67. The second-order valence-corrected chi connectivity index (χ2v) is 6.63. The van der Waals surface area contributed by atoms with Crippen molar-refractivity contribution in [3.8, 4) is 0 Å². The molecule has 0 fully saturated rings. The zero-order valence-corrected chi connectivity index (χ0v) is 14.1. The zero-order chi connectivity index (χ0) is 16.9. The molecule has 0 aromatic carbocycles. The van der Waals surface area contributed by atoms with Gasteiger partial charge in [0.15, 0.2) is 0 Å². The number of fused-ring (bicyclic) bond motifs is 1. The molecule has 0 aliphatic rings. The molecule has 2 aromatic heterocycles. The van der Waals surface area contributed by atoms with Crippen LogP contribution in [0.25, 0.3) is 5.65 Å². The molecule has 0 aliphatic carbocycles. The minimum absolute atomic E-state index is 0.0329. The van der Waals surface area contributed by atoms with E-state index in [1.165, 1.54) is 4.40 Å². The van der Waals surface area contributed by atoms with Gasteiger partial charge >= 0.3 is 12.1 Å². The number of hydrogen-bond acceptors (Lipinski definition) is 2. The predicted octanol–water partition coefficient (Wildman–Crippen LogP) is 4.62. The molecule has 0 saturated heterocycles. The molecule has 22 heavy (non-hydrogen) atoms. The third kappa shape index (κ3) is 2.91. The fourth-order valence-electron chi connectivity index (χ4n) is 1.81. The Morgan fingerprint density at radius 3 is 2.09 bits per heavy atom. The van der Waals surface area contributed by atoms with E-state index in [4.69, 9.17) is 0 Å². The van der Waals surface area contributed by atoms with E-state index >= 15 is 0 Å². The summed E-state index contributed by atoms with van der Waals surface area (Å²) in [5.41, 5.74) is -1.06. The fourth-order valence-corrected chi connectivity index (χ4v) is 2.35. The molecule has 3 nitrogen and oxygen atoms in total. The normalized spacial score (nSPS) is 13.9. The van der Waals surface area contributed by atoms with Crippen molar-refractivity contribution in [1.82, 2.24) is 14.4 Å². The molecular weight excluding hydrogens is 420 g/mol. The molecule has 0 radical (unpaired) electrons. The third-order valence-electron chi connectivity index (χ3n) is 3.09. The van der Waals surface area contributed by atoms with Gasteiger partial charge in [-0.15, -0.1) is 0 Å². The maximum absolute atomic E-state index is 13.5. The van der Waals surface area contributed by atoms with Gasteiger partial charge in [-0.2, -0.15) is 22.0 Å². The highest BCUT2D eigenvalue weighted by molar-refractivity contribution is 14.1. The Labute approximate surface area is 137 Å². The van der Waals surface area contributed by atoms with Crippen LogP contribution in [0.1, 0.15) is 38.0 Å². The molecule has 0 unspecified atom stereocenters. The first-order valence-corrected chi connectivity index (χ1v) is 7.81. The summed E-state index contributed by atoms with van der Waals surface area (Å²) < 4.78 is 66.3.